The predicted octanol–water partition coefficient (Wildman–Crippen LogP) is 3.54. The fourth-order valence-electron chi connectivity index (χ4n) is 1.99. The number of benzene rings is 1. The first-order valence-electron chi connectivity index (χ1n) is 6.21. The van der Waals surface area contributed by atoms with Gasteiger partial charge in [0.1, 0.15) is 0 Å². The first-order valence-corrected chi connectivity index (χ1v) is 7.57. The summed E-state index contributed by atoms with van der Waals surface area (Å²) >= 11 is 7.50. The van der Waals surface area contributed by atoms with Crippen LogP contribution in [0.4, 0.5) is 5.69 Å². The zero-order valence-electron chi connectivity index (χ0n) is 10.9. The Kier molecular flexibility index (Phi) is 4.77. The van der Waals surface area contributed by atoms with Crippen molar-refractivity contribution in [3.8, 4) is 0 Å². The fraction of sp³-hybridized carbons (Fsp3) is 0.357. The minimum atomic E-state index is 0.0941. The fourth-order valence-corrected chi connectivity index (χ4v) is 3.16. The van der Waals surface area contributed by atoms with Crippen LogP contribution in [-0.4, -0.2) is 23.6 Å². The van der Waals surface area contributed by atoms with Crippen molar-refractivity contribution in [2.45, 2.75) is 24.2 Å². The molecule has 1 aromatic rings. The van der Waals surface area contributed by atoms with Gasteiger partial charge in [-0.25, -0.2) is 0 Å². The topological polar surface area (TPSA) is 46.3 Å². The van der Waals surface area contributed by atoms with E-state index in [1.165, 1.54) is 11.8 Å². The van der Waals surface area contributed by atoms with Crippen molar-refractivity contribution in [3.63, 3.8) is 0 Å². The lowest BCUT2D eigenvalue weighted by Gasteiger charge is -2.18. The van der Waals surface area contributed by atoms with E-state index in [1.54, 1.807) is 23.1 Å². The molecule has 0 atom stereocenters. The number of thioether (sulfide) groups is 1. The molecule has 0 heterocycles. The number of anilines is 1. The SMILES string of the molecule is CN(C(=O)CSc1cc(N)ccc1Cl)C1=CCCC1. The van der Waals surface area contributed by atoms with E-state index in [9.17, 15) is 4.79 Å². The van der Waals surface area contributed by atoms with Crippen LogP contribution in [0.1, 0.15) is 19.3 Å². The maximum Gasteiger partial charge on any atom is 0.236 e. The third-order valence-corrected chi connectivity index (χ3v) is 4.61. The molecule has 1 amide bonds. The summed E-state index contributed by atoms with van der Waals surface area (Å²) in [6.07, 6.45) is 5.34. The van der Waals surface area contributed by atoms with Crippen molar-refractivity contribution in [2.24, 2.45) is 0 Å². The van der Waals surface area contributed by atoms with Crippen LogP contribution in [0, 0.1) is 0 Å². The Balaban J connectivity index is 1.94. The molecule has 0 bridgehead atoms. The maximum absolute atomic E-state index is 12.1. The van der Waals surface area contributed by atoms with E-state index in [1.807, 2.05) is 7.05 Å². The second-order valence-electron chi connectivity index (χ2n) is 4.52. The van der Waals surface area contributed by atoms with Gasteiger partial charge in [0.2, 0.25) is 5.91 Å². The van der Waals surface area contributed by atoms with Crippen LogP contribution < -0.4 is 5.73 Å². The smallest absolute Gasteiger partial charge is 0.236 e. The normalized spacial score (nSPS) is 14.3. The summed E-state index contributed by atoms with van der Waals surface area (Å²) in [5, 5.41) is 0.634. The third-order valence-electron chi connectivity index (χ3n) is 3.13. The van der Waals surface area contributed by atoms with Gasteiger partial charge >= 0.3 is 0 Å². The van der Waals surface area contributed by atoms with E-state index in [-0.39, 0.29) is 5.91 Å². The second kappa shape index (κ2) is 6.35. The van der Waals surface area contributed by atoms with Crippen LogP contribution in [-0.2, 0) is 4.79 Å². The van der Waals surface area contributed by atoms with Crippen LogP contribution in [0.2, 0.25) is 5.02 Å². The number of carbonyl (C=O) groups is 1. The number of allylic oxidation sites excluding steroid dienone is 2. The number of nitrogens with zero attached hydrogens (tertiary/aromatic N) is 1. The van der Waals surface area contributed by atoms with Crippen molar-refractivity contribution in [2.75, 3.05) is 18.5 Å². The van der Waals surface area contributed by atoms with Crippen molar-refractivity contribution < 1.29 is 4.79 Å². The molecule has 3 nitrogen and oxygen atoms in total. The van der Waals surface area contributed by atoms with Gasteiger partial charge in [-0.2, -0.15) is 0 Å². The second-order valence-corrected chi connectivity index (χ2v) is 5.94. The van der Waals surface area contributed by atoms with E-state index in [4.69, 9.17) is 17.3 Å². The van der Waals surface area contributed by atoms with E-state index < -0.39 is 0 Å². The summed E-state index contributed by atoms with van der Waals surface area (Å²) in [6, 6.07) is 5.31. The van der Waals surface area contributed by atoms with Crippen LogP contribution in [0.5, 0.6) is 0 Å². The van der Waals surface area contributed by atoms with E-state index in [2.05, 4.69) is 6.08 Å². The van der Waals surface area contributed by atoms with Crippen molar-refractivity contribution in [1.29, 1.82) is 0 Å². The molecule has 0 fully saturated rings. The molecule has 0 radical (unpaired) electrons. The Morgan fingerprint density at radius 1 is 1.53 bits per heavy atom. The average Bonchev–Trinajstić information content (AvgIpc) is 2.92. The van der Waals surface area contributed by atoms with Crippen LogP contribution >= 0.6 is 23.4 Å². The molecule has 0 unspecified atom stereocenters. The molecule has 2 N–H and O–H groups in total. The highest BCUT2D eigenvalue weighted by molar-refractivity contribution is 8.00. The van der Waals surface area contributed by atoms with Gasteiger partial charge in [0, 0.05) is 23.3 Å². The maximum atomic E-state index is 12.1. The van der Waals surface area contributed by atoms with Gasteiger partial charge in [0.15, 0.2) is 0 Å². The van der Waals surface area contributed by atoms with Crippen molar-refractivity contribution >= 4 is 35.0 Å². The quantitative estimate of drug-likeness (QED) is 0.683. The van der Waals surface area contributed by atoms with Crippen molar-refractivity contribution in [1.82, 2.24) is 4.90 Å². The lowest BCUT2D eigenvalue weighted by Crippen LogP contribution is -2.26. The standard InChI is InChI=1S/C14H17ClN2OS/c1-17(11-4-2-3-5-11)14(18)9-19-13-8-10(16)6-7-12(13)15/h4,6-8H,2-3,5,9,16H2,1H3. The van der Waals surface area contributed by atoms with Crippen LogP contribution in [0.25, 0.3) is 0 Å². The lowest BCUT2D eigenvalue weighted by atomic mass is 10.3. The highest BCUT2D eigenvalue weighted by Gasteiger charge is 2.16. The van der Waals surface area contributed by atoms with E-state index >= 15 is 0 Å². The molecule has 1 aromatic carbocycles. The summed E-state index contributed by atoms with van der Waals surface area (Å²) in [7, 11) is 1.83. The first kappa shape index (κ1) is 14.3. The molecule has 19 heavy (non-hydrogen) atoms. The van der Waals surface area contributed by atoms with E-state index in [0.717, 1.165) is 29.9 Å². The minimum absolute atomic E-state index is 0.0941. The molecular weight excluding hydrogens is 280 g/mol. The molecule has 1 aliphatic carbocycles. The molecule has 2 rings (SSSR count). The molecule has 102 valence electrons. The molecule has 0 saturated heterocycles. The number of carbonyl (C=O) groups excluding carboxylic acids is 1. The predicted molar refractivity (Wildman–Crippen MR) is 81.3 cm³/mol. The highest BCUT2D eigenvalue weighted by atomic mass is 35.5. The van der Waals surface area contributed by atoms with E-state index in [0.29, 0.717) is 16.5 Å². The number of nitrogens with two attached hydrogens (primary N) is 1. The van der Waals surface area contributed by atoms with Crippen LogP contribution in [0.15, 0.2) is 34.9 Å². The Hall–Kier alpha value is -1.13. The van der Waals surface area contributed by atoms with Gasteiger partial charge in [-0.05, 0) is 37.5 Å². The van der Waals surface area contributed by atoms with Gasteiger partial charge in [-0.3, -0.25) is 4.79 Å². The first-order chi connectivity index (χ1) is 9.08. The molecular formula is C14H17ClN2OS. The third kappa shape index (κ3) is 3.67. The molecule has 5 heteroatoms. The van der Waals surface area contributed by atoms with Gasteiger partial charge in [-0.15, -0.1) is 11.8 Å². The van der Waals surface area contributed by atoms with Crippen molar-refractivity contribution in [3.05, 3.63) is 35.0 Å². The summed E-state index contributed by atoms with van der Waals surface area (Å²) in [4.78, 5) is 14.7. The van der Waals surface area contributed by atoms with Gasteiger partial charge in [0.25, 0.3) is 0 Å². The van der Waals surface area contributed by atoms with Crippen LogP contribution in [0.3, 0.4) is 0 Å². The number of halogens is 1. The number of rotatable bonds is 4. The Morgan fingerprint density at radius 3 is 3.00 bits per heavy atom. The molecule has 0 aromatic heterocycles. The Labute approximate surface area is 122 Å². The molecule has 0 spiro atoms. The summed E-state index contributed by atoms with van der Waals surface area (Å²) in [5.74, 6) is 0.466. The monoisotopic (exact) mass is 296 g/mol. The zero-order valence-corrected chi connectivity index (χ0v) is 12.4. The number of hydrogen-bond donors (Lipinski definition) is 1. The Bertz CT molecular complexity index is 516. The summed E-state index contributed by atoms with van der Waals surface area (Å²) in [5.41, 5.74) is 7.50. The largest absolute Gasteiger partial charge is 0.399 e. The average molecular weight is 297 g/mol. The number of nitrogen functional groups attached to an aromatic ring is 1. The van der Waals surface area contributed by atoms with Gasteiger partial charge < -0.3 is 10.6 Å². The Morgan fingerprint density at radius 2 is 2.32 bits per heavy atom. The molecule has 1 aliphatic rings. The van der Waals surface area contributed by atoms with Gasteiger partial charge in [0.05, 0.1) is 10.8 Å². The van der Waals surface area contributed by atoms with Gasteiger partial charge in [-0.1, -0.05) is 17.7 Å². The number of amides is 1. The summed E-state index contributed by atoms with van der Waals surface area (Å²) in [6.45, 7) is 0. The minimum Gasteiger partial charge on any atom is -0.399 e. The highest BCUT2D eigenvalue weighted by Crippen LogP contribution is 2.29. The molecule has 0 aliphatic heterocycles. The number of hydrogen-bond acceptors (Lipinski definition) is 3. The summed E-state index contributed by atoms with van der Waals surface area (Å²) < 4.78 is 0. The lowest BCUT2D eigenvalue weighted by molar-refractivity contribution is -0.125. The molecule has 0 saturated carbocycles. The zero-order chi connectivity index (χ0) is 13.8.